The third-order valence-corrected chi connectivity index (χ3v) is 5.60. The first-order valence-electron chi connectivity index (χ1n) is 9.25. The fraction of sp³-hybridized carbons (Fsp3) is 0.350. The molecule has 0 spiro atoms. The van der Waals surface area contributed by atoms with Gasteiger partial charge in [0.2, 0.25) is 5.91 Å². The lowest BCUT2D eigenvalue weighted by Crippen LogP contribution is -2.30. The Bertz CT molecular complexity index is 1030. The summed E-state index contributed by atoms with van der Waals surface area (Å²) in [5.41, 5.74) is 2.99. The smallest absolute Gasteiger partial charge is 0.254 e. The summed E-state index contributed by atoms with van der Waals surface area (Å²) in [4.78, 5) is 37.7. The summed E-state index contributed by atoms with van der Waals surface area (Å²) in [5.74, 6) is -0.0226. The normalized spacial score (nSPS) is 12.0. The van der Waals surface area contributed by atoms with Gasteiger partial charge in [-0.25, -0.2) is 14.6 Å². The Morgan fingerprint density at radius 1 is 1.31 bits per heavy atom. The van der Waals surface area contributed by atoms with Crippen LogP contribution in [0, 0.1) is 6.92 Å². The van der Waals surface area contributed by atoms with Crippen molar-refractivity contribution in [2.24, 2.45) is 0 Å². The highest BCUT2D eigenvalue weighted by atomic mass is 32.2. The van der Waals surface area contributed by atoms with Crippen molar-refractivity contribution in [2.75, 3.05) is 13.3 Å². The van der Waals surface area contributed by atoms with Gasteiger partial charge < -0.3 is 9.88 Å². The van der Waals surface area contributed by atoms with E-state index in [-0.39, 0.29) is 23.9 Å². The molecule has 0 aliphatic carbocycles. The van der Waals surface area contributed by atoms with Gasteiger partial charge in [-0.3, -0.25) is 9.59 Å². The first-order valence-corrected chi connectivity index (χ1v) is 10.5. The third kappa shape index (κ3) is 4.73. The Kier molecular flexibility index (Phi) is 6.48. The molecule has 3 rings (SSSR count). The van der Waals surface area contributed by atoms with Gasteiger partial charge in [-0.1, -0.05) is 23.9 Å². The third-order valence-electron chi connectivity index (χ3n) is 5.02. The van der Waals surface area contributed by atoms with Crippen LogP contribution in [-0.4, -0.2) is 48.8 Å². The van der Waals surface area contributed by atoms with E-state index in [0.29, 0.717) is 22.8 Å². The summed E-state index contributed by atoms with van der Waals surface area (Å²) < 4.78 is 1.68. The van der Waals surface area contributed by atoms with Gasteiger partial charge in [0.15, 0.2) is 5.16 Å². The van der Waals surface area contributed by atoms with Gasteiger partial charge in [0.1, 0.15) is 12.7 Å². The molecular formula is C20H24N6O2S. The number of thioether (sulfide) groups is 1. The van der Waals surface area contributed by atoms with Gasteiger partial charge in [0, 0.05) is 24.7 Å². The second kappa shape index (κ2) is 9.04. The van der Waals surface area contributed by atoms with Crippen molar-refractivity contribution in [1.29, 1.82) is 0 Å². The monoisotopic (exact) mass is 412 g/mol. The second-order valence-electron chi connectivity index (χ2n) is 6.75. The molecule has 0 fully saturated rings. The van der Waals surface area contributed by atoms with Crippen LogP contribution in [0.4, 0.5) is 0 Å². The van der Waals surface area contributed by atoms with Crippen LogP contribution < -0.4 is 5.56 Å². The molecular weight excluding hydrogens is 388 g/mol. The number of carbonyl (C=O) groups excluding carboxylic acids is 1. The van der Waals surface area contributed by atoms with E-state index in [4.69, 9.17) is 0 Å². The highest BCUT2D eigenvalue weighted by Gasteiger charge is 2.19. The number of benzene rings is 1. The number of rotatable bonds is 7. The molecule has 9 heteroatoms. The molecule has 1 aromatic carbocycles. The summed E-state index contributed by atoms with van der Waals surface area (Å²) in [7, 11) is 1.78. The van der Waals surface area contributed by atoms with Crippen LogP contribution in [0.3, 0.4) is 0 Å². The number of nitrogens with zero attached hydrogens (tertiary/aromatic N) is 5. The minimum Gasteiger partial charge on any atom is -0.339 e. The molecule has 1 N–H and O–H groups in total. The average Bonchev–Trinajstić information content (AvgIpc) is 3.26. The molecule has 29 heavy (non-hydrogen) atoms. The summed E-state index contributed by atoms with van der Waals surface area (Å²) in [6.45, 7) is 3.78. The van der Waals surface area contributed by atoms with Crippen LogP contribution in [-0.2, 0) is 11.2 Å². The molecule has 2 aromatic heterocycles. The maximum atomic E-state index is 12.7. The van der Waals surface area contributed by atoms with Crippen LogP contribution in [0.2, 0.25) is 0 Å². The zero-order valence-electron chi connectivity index (χ0n) is 16.9. The number of aryl methyl sites for hydroxylation is 1. The van der Waals surface area contributed by atoms with Crippen LogP contribution in [0.15, 0.2) is 46.9 Å². The van der Waals surface area contributed by atoms with Crippen LogP contribution in [0.1, 0.15) is 36.2 Å². The molecule has 152 valence electrons. The predicted octanol–water partition coefficient (Wildman–Crippen LogP) is 2.53. The first kappa shape index (κ1) is 20.8. The van der Waals surface area contributed by atoms with Gasteiger partial charge in [0.25, 0.3) is 5.56 Å². The van der Waals surface area contributed by atoms with Gasteiger partial charge in [-0.05, 0) is 44.2 Å². The topological polar surface area (TPSA) is 96.8 Å². The van der Waals surface area contributed by atoms with E-state index in [9.17, 15) is 9.59 Å². The zero-order chi connectivity index (χ0) is 21.0. The summed E-state index contributed by atoms with van der Waals surface area (Å²) in [5, 5.41) is 4.69. The van der Waals surface area contributed by atoms with E-state index < -0.39 is 0 Å². The highest BCUT2D eigenvalue weighted by molar-refractivity contribution is 7.98. The fourth-order valence-corrected chi connectivity index (χ4v) is 3.49. The zero-order valence-corrected chi connectivity index (χ0v) is 17.7. The molecule has 8 nitrogen and oxygen atoms in total. The number of H-pyrrole nitrogens is 1. The molecule has 0 radical (unpaired) electrons. The van der Waals surface area contributed by atoms with E-state index in [0.717, 1.165) is 11.3 Å². The average molecular weight is 413 g/mol. The van der Waals surface area contributed by atoms with Crippen molar-refractivity contribution in [1.82, 2.24) is 29.6 Å². The Balaban J connectivity index is 1.65. The van der Waals surface area contributed by atoms with E-state index >= 15 is 0 Å². The Labute approximate surface area is 173 Å². The molecule has 0 bridgehead atoms. The minimum atomic E-state index is -0.172. The second-order valence-corrected chi connectivity index (χ2v) is 7.55. The molecule has 0 aliphatic heterocycles. The number of amides is 1. The number of aromatic nitrogens is 5. The summed E-state index contributed by atoms with van der Waals surface area (Å²) >= 11 is 1.39. The van der Waals surface area contributed by atoms with E-state index in [2.05, 4.69) is 20.1 Å². The van der Waals surface area contributed by atoms with E-state index in [1.54, 1.807) is 29.9 Å². The van der Waals surface area contributed by atoms with E-state index in [1.165, 1.54) is 18.1 Å². The molecule has 1 amide bonds. The van der Waals surface area contributed by atoms with Gasteiger partial charge in [-0.15, -0.1) is 0 Å². The number of hydrogen-bond acceptors (Lipinski definition) is 6. The lowest BCUT2D eigenvalue weighted by atomic mass is 10.1. The van der Waals surface area contributed by atoms with Crippen molar-refractivity contribution in [3.05, 3.63) is 64.1 Å². The number of aromatic amines is 1. The molecule has 0 aliphatic rings. The largest absolute Gasteiger partial charge is 0.339 e. The molecule has 1 atom stereocenters. The van der Waals surface area contributed by atoms with Crippen molar-refractivity contribution >= 4 is 17.7 Å². The fourth-order valence-electron chi connectivity index (χ4n) is 3.07. The van der Waals surface area contributed by atoms with E-state index in [1.807, 2.05) is 37.4 Å². The molecule has 0 saturated heterocycles. The Morgan fingerprint density at radius 2 is 2.03 bits per heavy atom. The number of hydrogen-bond donors (Lipinski definition) is 1. The summed E-state index contributed by atoms with van der Waals surface area (Å²) in [6.07, 6.45) is 5.60. The SMILES string of the molecule is CSc1nc(C)c(CCC(=O)N(C)C(C)c2ccc(-n3cncn3)cc2)c(=O)[nH]1. The first-order chi connectivity index (χ1) is 13.9. The van der Waals surface area contributed by atoms with Crippen LogP contribution in [0.5, 0.6) is 0 Å². The lowest BCUT2D eigenvalue weighted by molar-refractivity contribution is -0.131. The van der Waals surface area contributed by atoms with Crippen molar-refractivity contribution in [3.63, 3.8) is 0 Å². The van der Waals surface area contributed by atoms with Crippen molar-refractivity contribution in [2.45, 2.75) is 37.9 Å². The lowest BCUT2D eigenvalue weighted by Gasteiger charge is -2.25. The standard InChI is InChI=1S/C20H24N6O2S/c1-13-17(19(28)24-20(23-13)29-4)9-10-18(27)25(3)14(2)15-5-7-16(8-6-15)26-12-21-11-22-26/h5-8,11-12,14H,9-10H2,1-4H3,(H,23,24,28). The number of carbonyl (C=O) groups is 1. The molecule has 1 unspecified atom stereocenters. The quantitative estimate of drug-likeness (QED) is 0.473. The van der Waals surface area contributed by atoms with Gasteiger partial charge in [0.05, 0.1) is 11.7 Å². The predicted molar refractivity (Wildman–Crippen MR) is 112 cm³/mol. The number of nitrogens with one attached hydrogen (secondary N) is 1. The molecule has 3 aromatic rings. The van der Waals surface area contributed by atoms with Crippen LogP contribution in [0.25, 0.3) is 5.69 Å². The molecule has 0 saturated carbocycles. The van der Waals surface area contributed by atoms with Crippen LogP contribution >= 0.6 is 11.8 Å². The van der Waals surface area contributed by atoms with Gasteiger partial charge in [-0.2, -0.15) is 5.10 Å². The van der Waals surface area contributed by atoms with Crippen molar-refractivity contribution < 1.29 is 4.79 Å². The maximum absolute atomic E-state index is 12.7. The van der Waals surface area contributed by atoms with Gasteiger partial charge >= 0.3 is 0 Å². The van der Waals surface area contributed by atoms with Crippen molar-refractivity contribution in [3.8, 4) is 5.69 Å². The Hall–Kier alpha value is -2.94. The summed E-state index contributed by atoms with van der Waals surface area (Å²) in [6, 6.07) is 7.75. The molecule has 2 heterocycles. The highest BCUT2D eigenvalue weighted by Crippen LogP contribution is 2.21. The minimum absolute atomic E-state index is 0.0226. The Morgan fingerprint density at radius 3 is 2.62 bits per heavy atom. The maximum Gasteiger partial charge on any atom is 0.254 e.